The van der Waals surface area contributed by atoms with Crippen LogP contribution in [0.2, 0.25) is 5.02 Å². The number of hydrogen-bond acceptors (Lipinski definition) is 8. The molecule has 2 aromatic carbocycles. The lowest BCUT2D eigenvalue weighted by atomic mass is 9.92. The van der Waals surface area contributed by atoms with Gasteiger partial charge in [-0.15, -0.1) is 0 Å². The van der Waals surface area contributed by atoms with Gasteiger partial charge in [0.25, 0.3) is 0 Å². The van der Waals surface area contributed by atoms with Gasteiger partial charge in [0.1, 0.15) is 28.9 Å². The van der Waals surface area contributed by atoms with Gasteiger partial charge in [-0.25, -0.2) is 14.8 Å². The number of nitrogens with zero attached hydrogens (tertiary/aromatic N) is 5. The molecule has 0 amide bonds. The largest absolute Gasteiger partial charge is 0.457 e. The Balaban J connectivity index is 1.60. The molecule has 1 atom stereocenters. The van der Waals surface area contributed by atoms with Crippen LogP contribution in [0.3, 0.4) is 0 Å². The van der Waals surface area contributed by atoms with Gasteiger partial charge in [-0.1, -0.05) is 23.7 Å². The lowest BCUT2D eigenvalue weighted by molar-refractivity contribution is -0.122. The van der Waals surface area contributed by atoms with Crippen LogP contribution in [0.1, 0.15) is 6.42 Å². The number of benzene rings is 2. The third-order valence-electron chi connectivity index (χ3n) is 6.54. The maximum atomic E-state index is 14.1. The fourth-order valence-corrected chi connectivity index (χ4v) is 4.90. The van der Waals surface area contributed by atoms with Crippen molar-refractivity contribution in [1.29, 1.82) is 0 Å². The molecule has 1 saturated heterocycles. The Labute approximate surface area is 224 Å². The van der Waals surface area contributed by atoms with Crippen molar-refractivity contribution in [2.75, 3.05) is 39.5 Å². The van der Waals surface area contributed by atoms with Crippen molar-refractivity contribution < 1.29 is 9.53 Å². The van der Waals surface area contributed by atoms with Gasteiger partial charge in [-0.2, -0.15) is 0 Å². The molecule has 0 aliphatic carbocycles. The minimum atomic E-state index is -1.14. The third-order valence-corrected chi connectivity index (χ3v) is 6.77. The van der Waals surface area contributed by atoms with Crippen molar-refractivity contribution in [2.24, 2.45) is 0 Å². The maximum Gasteiger partial charge on any atom is 0.336 e. The zero-order chi connectivity index (χ0) is 26.9. The summed E-state index contributed by atoms with van der Waals surface area (Å²) < 4.78 is 8.81. The van der Waals surface area contributed by atoms with Crippen molar-refractivity contribution >= 4 is 34.4 Å². The summed E-state index contributed by atoms with van der Waals surface area (Å²) in [5, 5.41) is 3.81. The fraction of sp³-hybridized carbons (Fsp3) is 0.259. The summed E-state index contributed by atoms with van der Waals surface area (Å²) in [7, 11) is 3.84. The number of nitrogen functional groups attached to an aromatic ring is 1. The number of rotatable bonds is 8. The second-order valence-electron chi connectivity index (χ2n) is 9.43. The summed E-state index contributed by atoms with van der Waals surface area (Å²) in [6.45, 7) is 1.49. The molecule has 3 heterocycles. The summed E-state index contributed by atoms with van der Waals surface area (Å²) in [4.78, 5) is 38.2. The number of fused-ring (bicyclic) bond motifs is 1. The molecule has 0 radical (unpaired) electrons. The standard InChI is InChI=1S/C27H28ClN7O3/c1-33(2)14-4-7-22(36)27(12-13-30-16-27)35-25-23(24(29)31-17-32-25)34(26(35)37)19-8-10-20(11-9-19)38-21-6-3-5-18(28)15-21/h3-11,15,17,30H,12-14,16H2,1-2H3,(H2,29,31,32)/b7-4+/t27-/m1/s1. The monoisotopic (exact) mass is 533 g/mol. The van der Waals surface area contributed by atoms with Gasteiger partial charge in [-0.05, 0) is 75.6 Å². The number of carbonyl (C=O) groups is 1. The number of aromatic nitrogens is 4. The van der Waals surface area contributed by atoms with E-state index in [1.807, 2.05) is 19.0 Å². The van der Waals surface area contributed by atoms with Crippen molar-refractivity contribution in [1.82, 2.24) is 29.3 Å². The molecule has 11 heteroatoms. The number of likely N-dealkylation sites (N-methyl/N-ethyl adjacent to an activating group) is 1. The Morgan fingerprint density at radius 2 is 2.00 bits per heavy atom. The minimum Gasteiger partial charge on any atom is -0.457 e. The van der Waals surface area contributed by atoms with Gasteiger partial charge in [0.05, 0.1) is 5.69 Å². The summed E-state index contributed by atoms with van der Waals surface area (Å²) in [5.74, 6) is 1.12. The fourth-order valence-electron chi connectivity index (χ4n) is 4.72. The number of allylic oxidation sites excluding steroid dienone is 1. The zero-order valence-corrected chi connectivity index (χ0v) is 21.9. The molecule has 2 aromatic heterocycles. The maximum absolute atomic E-state index is 14.1. The first-order valence-corrected chi connectivity index (χ1v) is 12.5. The highest BCUT2D eigenvalue weighted by molar-refractivity contribution is 6.30. The zero-order valence-electron chi connectivity index (χ0n) is 21.1. The van der Waals surface area contributed by atoms with E-state index >= 15 is 0 Å². The third kappa shape index (κ3) is 4.69. The minimum absolute atomic E-state index is 0.141. The van der Waals surface area contributed by atoms with Gasteiger partial charge >= 0.3 is 5.69 Å². The number of anilines is 1. The Kier molecular flexibility index (Phi) is 7.02. The molecule has 38 heavy (non-hydrogen) atoms. The molecular formula is C27H28ClN7O3. The Hall–Kier alpha value is -3.99. The average molecular weight is 534 g/mol. The van der Waals surface area contributed by atoms with E-state index in [1.165, 1.54) is 15.5 Å². The van der Waals surface area contributed by atoms with E-state index in [0.29, 0.717) is 59.4 Å². The Morgan fingerprint density at radius 3 is 2.68 bits per heavy atom. The van der Waals surface area contributed by atoms with E-state index < -0.39 is 11.2 Å². The lowest BCUT2D eigenvalue weighted by Crippen LogP contribution is -2.48. The van der Waals surface area contributed by atoms with Crippen LogP contribution in [0.25, 0.3) is 16.9 Å². The molecule has 0 bridgehead atoms. The molecule has 3 N–H and O–H groups in total. The van der Waals surface area contributed by atoms with Crippen LogP contribution < -0.4 is 21.5 Å². The topological polar surface area (TPSA) is 120 Å². The predicted molar refractivity (Wildman–Crippen MR) is 147 cm³/mol. The van der Waals surface area contributed by atoms with Gasteiger partial charge in [0.2, 0.25) is 0 Å². The van der Waals surface area contributed by atoms with Gasteiger partial charge < -0.3 is 20.7 Å². The Bertz CT molecular complexity index is 1570. The summed E-state index contributed by atoms with van der Waals surface area (Å²) in [6.07, 6.45) is 5.10. The summed E-state index contributed by atoms with van der Waals surface area (Å²) in [6, 6.07) is 14.1. The predicted octanol–water partition coefficient (Wildman–Crippen LogP) is 2.99. The SMILES string of the molecule is CN(C)C/C=C/C(=O)[C@@]1(n2c(=O)n(-c3ccc(Oc4cccc(Cl)c4)cc3)c3c(N)ncnc32)CCNC1. The Morgan fingerprint density at radius 1 is 1.21 bits per heavy atom. The van der Waals surface area contributed by atoms with Crippen LogP contribution >= 0.6 is 11.6 Å². The molecule has 1 aliphatic heterocycles. The molecule has 0 saturated carbocycles. The van der Waals surface area contributed by atoms with Gasteiger partial charge in [0.15, 0.2) is 17.2 Å². The first-order chi connectivity index (χ1) is 18.3. The summed E-state index contributed by atoms with van der Waals surface area (Å²) in [5.41, 5.74) is 5.90. The molecule has 1 aliphatic rings. The highest BCUT2D eigenvalue weighted by Gasteiger charge is 2.45. The van der Waals surface area contributed by atoms with Crippen LogP contribution in [0.4, 0.5) is 5.82 Å². The van der Waals surface area contributed by atoms with Crippen LogP contribution in [-0.4, -0.2) is 63.5 Å². The van der Waals surface area contributed by atoms with Crippen molar-refractivity contribution in [3.63, 3.8) is 0 Å². The number of ketones is 1. The first-order valence-electron chi connectivity index (χ1n) is 12.1. The van der Waals surface area contributed by atoms with Crippen LogP contribution in [-0.2, 0) is 10.3 Å². The van der Waals surface area contributed by atoms with E-state index in [1.54, 1.807) is 60.7 Å². The molecule has 4 aromatic rings. The van der Waals surface area contributed by atoms with E-state index in [2.05, 4.69) is 15.3 Å². The number of nitrogens with one attached hydrogen (secondary N) is 1. The van der Waals surface area contributed by atoms with E-state index in [-0.39, 0.29) is 11.6 Å². The molecule has 0 unspecified atom stereocenters. The summed E-state index contributed by atoms with van der Waals surface area (Å²) >= 11 is 6.06. The second kappa shape index (κ2) is 10.4. The first kappa shape index (κ1) is 25.7. The molecule has 196 valence electrons. The molecule has 0 spiro atoms. The van der Waals surface area contributed by atoms with Crippen molar-refractivity contribution in [2.45, 2.75) is 12.0 Å². The van der Waals surface area contributed by atoms with Crippen LogP contribution in [0.15, 0.2) is 71.8 Å². The highest BCUT2D eigenvalue weighted by Crippen LogP contribution is 2.31. The van der Waals surface area contributed by atoms with E-state index in [4.69, 9.17) is 22.1 Å². The average Bonchev–Trinajstić information content (AvgIpc) is 3.48. The van der Waals surface area contributed by atoms with Crippen LogP contribution in [0, 0.1) is 0 Å². The van der Waals surface area contributed by atoms with Crippen molar-refractivity contribution in [3.8, 4) is 17.2 Å². The normalized spacial score (nSPS) is 17.6. The quantitative estimate of drug-likeness (QED) is 0.332. The number of hydrogen-bond donors (Lipinski definition) is 2. The lowest BCUT2D eigenvalue weighted by Gasteiger charge is -2.26. The molecule has 5 rings (SSSR count). The number of nitrogens with two attached hydrogens (primary N) is 1. The number of imidazole rings is 1. The number of carbonyl (C=O) groups excluding carboxylic acids is 1. The molecular weight excluding hydrogens is 506 g/mol. The second-order valence-corrected chi connectivity index (χ2v) is 9.86. The van der Waals surface area contributed by atoms with E-state index in [9.17, 15) is 9.59 Å². The van der Waals surface area contributed by atoms with Crippen molar-refractivity contribution in [3.05, 3.63) is 82.5 Å². The highest BCUT2D eigenvalue weighted by atomic mass is 35.5. The van der Waals surface area contributed by atoms with E-state index in [0.717, 1.165) is 0 Å². The number of halogens is 1. The van der Waals surface area contributed by atoms with Gasteiger partial charge in [-0.3, -0.25) is 13.9 Å². The van der Waals surface area contributed by atoms with Gasteiger partial charge in [0, 0.05) is 18.1 Å². The molecule has 1 fully saturated rings. The smallest absolute Gasteiger partial charge is 0.336 e. The van der Waals surface area contributed by atoms with Crippen LogP contribution in [0.5, 0.6) is 11.5 Å². The number of ether oxygens (including phenoxy) is 1. The molecule has 10 nitrogen and oxygen atoms in total.